The van der Waals surface area contributed by atoms with E-state index in [9.17, 15) is 4.79 Å². The highest BCUT2D eigenvalue weighted by Gasteiger charge is 2.15. The third kappa shape index (κ3) is 3.45. The number of amides is 1. The maximum absolute atomic E-state index is 12.3. The third-order valence-corrected chi connectivity index (χ3v) is 3.69. The van der Waals surface area contributed by atoms with Crippen LogP contribution in [0.2, 0.25) is 0 Å². The van der Waals surface area contributed by atoms with Gasteiger partial charge in [0.15, 0.2) is 0 Å². The largest absolute Gasteiger partial charge is 0.361 e. The molecule has 0 aliphatic carbocycles. The Hall–Kier alpha value is -1.81. The van der Waals surface area contributed by atoms with Crippen LogP contribution < -0.4 is 10.6 Å². The van der Waals surface area contributed by atoms with Crippen LogP contribution in [-0.2, 0) is 11.2 Å². The van der Waals surface area contributed by atoms with Crippen LogP contribution in [0.1, 0.15) is 38.7 Å². The van der Waals surface area contributed by atoms with Crippen molar-refractivity contribution in [3.63, 3.8) is 0 Å². The number of rotatable bonds is 7. The van der Waals surface area contributed by atoms with Gasteiger partial charge in [0.2, 0.25) is 5.91 Å². The van der Waals surface area contributed by atoms with Crippen LogP contribution in [0.25, 0.3) is 10.9 Å². The molecule has 4 heteroatoms. The molecule has 0 radical (unpaired) electrons. The summed E-state index contributed by atoms with van der Waals surface area (Å²) in [6.07, 6.45) is 5.29. The first kappa shape index (κ1) is 15.6. The number of carbonyl (C=O) groups is 1. The highest BCUT2D eigenvalue weighted by molar-refractivity contribution is 5.96. The number of H-pyrrole nitrogens is 1. The minimum atomic E-state index is 0.203. The van der Waals surface area contributed by atoms with Gasteiger partial charge in [-0.05, 0) is 49.6 Å². The van der Waals surface area contributed by atoms with E-state index in [1.807, 2.05) is 30.2 Å². The van der Waals surface area contributed by atoms with Gasteiger partial charge in [-0.2, -0.15) is 0 Å². The van der Waals surface area contributed by atoms with E-state index in [1.165, 1.54) is 10.9 Å². The molecule has 0 aliphatic rings. The Morgan fingerprint density at radius 2 is 2.10 bits per heavy atom. The van der Waals surface area contributed by atoms with Crippen molar-refractivity contribution in [2.24, 2.45) is 5.73 Å². The Morgan fingerprint density at radius 1 is 1.29 bits per heavy atom. The zero-order valence-electron chi connectivity index (χ0n) is 13.0. The van der Waals surface area contributed by atoms with Gasteiger partial charge in [0.1, 0.15) is 0 Å². The number of anilines is 1. The van der Waals surface area contributed by atoms with Crippen molar-refractivity contribution >= 4 is 22.5 Å². The van der Waals surface area contributed by atoms with Crippen LogP contribution in [0.4, 0.5) is 5.69 Å². The fourth-order valence-electron chi connectivity index (χ4n) is 2.67. The molecule has 4 nitrogen and oxygen atoms in total. The van der Waals surface area contributed by atoms with E-state index in [4.69, 9.17) is 5.73 Å². The third-order valence-electron chi connectivity index (χ3n) is 3.69. The highest BCUT2D eigenvalue weighted by Crippen LogP contribution is 2.25. The highest BCUT2D eigenvalue weighted by atomic mass is 16.2. The average molecular weight is 287 g/mol. The predicted molar refractivity (Wildman–Crippen MR) is 88.6 cm³/mol. The Morgan fingerprint density at radius 3 is 2.76 bits per heavy atom. The first-order valence-electron chi connectivity index (χ1n) is 7.81. The first-order chi connectivity index (χ1) is 10.2. The lowest BCUT2D eigenvalue weighted by atomic mass is 10.1. The van der Waals surface area contributed by atoms with Gasteiger partial charge in [-0.25, -0.2) is 0 Å². The minimum Gasteiger partial charge on any atom is -0.361 e. The normalized spacial score (nSPS) is 11.0. The number of carbonyl (C=O) groups excluding carboxylic acids is 1. The summed E-state index contributed by atoms with van der Waals surface area (Å²) >= 11 is 0. The summed E-state index contributed by atoms with van der Waals surface area (Å²) in [5.74, 6) is 0.203. The number of hydrogen-bond acceptors (Lipinski definition) is 2. The Balaban J connectivity index is 2.37. The second-order valence-corrected chi connectivity index (χ2v) is 5.38. The number of nitrogens with one attached hydrogen (secondary N) is 1. The second-order valence-electron chi connectivity index (χ2n) is 5.38. The van der Waals surface area contributed by atoms with Crippen molar-refractivity contribution < 1.29 is 4.79 Å². The number of hydrogen-bond donors (Lipinski definition) is 2. The molecule has 2 rings (SSSR count). The zero-order valence-corrected chi connectivity index (χ0v) is 13.0. The Kier molecular flexibility index (Phi) is 5.39. The Bertz CT molecular complexity index is 603. The number of benzene rings is 1. The molecule has 3 N–H and O–H groups in total. The molecule has 0 atom stereocenters. The predicted octanol–water partition coefficient (Wildman–Crippen LogP) is 3.21. The summed E-state index contributed by atoms with van der Waals surface area (Å²) in [6, 6.07) is 6.18. The van der Waals surface area contributed by atoms with Crippen molar-refractivity contribution in [1.29, 1.82) is 0 Å². The van der Waals surface area contributed by atoms with Crippen molar-refractivity contribution in [3.8, 4) is 0 Å². The molecule has 0 saturated carbocycles. The molecular weight excluding hydrogens is 262 g/mol. The molecule has 0 spiro atoms. The van der Waals surface area contributed by atoms with E-state index in [1.54, 1.807) is 0 Å². The maximum atomic E-state index is 12.3. The lowest BCUT2D eigenvalue weighted by molar-refractivity contribution is -0.118. The molecule has 1 heterocycles. The molecule has 0 saturated heterocycles. The lowest BCUT2D eigenvalue weighted by Gasteiger charge is -2.22. The lowest BCUT2D eigenvalue weighted by Crippen LogP contribution is -2.31. The van der Waals surface area contributed by atoms with Crippen LogP contribution in [0.5, 0.6) is 0 Å². The van der Waals surface area contributed by atoms with Gasteiger partial charge in [-0.1, -0.05) is 13.8 Å². The van der Waals surface area contributed by atoms with E-state index in [2.05, 4.69) is 18.0 Å². The molecule has 0 unspecified atom stereocenters. The fraction of sp³-hybridized carbons (Fsp3) is 0.471. The number of aromatic amines is 1. The SMILES string of the molecule is CCCC(=O)N(CCC)c1ccc2[nH]cc(CCN)c2c1. The van der Waals surface area contributed by atoms with Crippen molar-refractivity contribution in [2.75, 3.05) is 18.0 Å². The Labute approximate surface area is 126 Å². The van der Waals surface area contributed by atoms with E-state index >= 15 is 0 Å². The van der Waals surface area contributed by atoms with E-state index < -0.39 is 0 Å². The number of nitrogens with zero attached hydrogens (tertiary/aromatic N) is 1. The van der Waals surface area contributed by atoms with Crippen molar-refractivity contribution in [1.82, 2.24) is 4.98 Å². The minimum absolute atomic E-state index is 0.203. The summed E-state index contributed by atoms with van der Waals surface area (Å²) in [5.41, 5.74) is 8.97. The summed E-state index contributed by atoms with van der Waals surface area (Å²) in [4.78, 5) is 17.5. The number of aromatic nitrogens is 1. The molecule has 2 aromatic rings. The molecule has 1 aromatic carbocycles. The molecule has 114 valence electrons. The van der Waals surface area contributed by atoms with E-state index in [0.29, 0.717) is 13.0 Å². The van der Waals surface area contributed by atoms with Crippen molar-refractivity contribution in [3.05, 3.63) is 30.0 Å². The van der Waals surface area contributed by atoms with Crippen LogP contribution >= 0.6 is 0 Å². The summed E-state index contributed by atoms with van der Waals surface area (Å²) in [5, 5.41) is 1.17. The van der Waals surface area contributed by atoms with Crippen molar-refractivity contribution in [2.45, 2.75) is 39.5 Å². The number of nitrogens with two attached hydrogens (primary N) is 1. The van der Waals surface area contributed by atoms with Gasteiger partial charge in [0.05, 0.1) is 0 Å². The van der Waals surface area contributed by atoms with E-state index in [-0.39, 0.29) is 5.91 Å². The van der Waals surface area contributed by atoms with Gasteiger partial charge in [0.25, 0.3) is 0 Å². The summed E-state index contributed by atoms with van der Waals surface area (Å²) in [6.45, 7) is 5.53. The van der Waals surface area contributed by atoms with Crippen LogP contribution in [0.3, 0.4) is 0 Å². The zero-order chi connectivity index (χ0) is 15.2. The van der Waals surface area contributed by atoms with Crippen LogP contribution in [-0.4, -0.2) is 24.0 Å². The molecule has 1 aromatic heterocycles. The summed E-state index contributed by atoms with van der Waals surface area (Å²) < 4.78 is 0. The second kappa shape index (κ2) is 7.27. The molecule has 0 bridgehead atoms. The smallest absolute Gasteiger partial charge is 0.226 e. The fourth-order valence-corrected chi connectivity index (χ4v) is 2.67. The average Bonchev–Trinajstić information content (AvgIpc) is 2.88. The van der Waals surface area contributed by atoms with Gasteiger partial charge in [-0.3, -0.25) is 4.79 Å². The quantitative estimate of drug-likeness (QED) is 0.821. The molecular formula is C17H25N3O. The molecule has 1 amide bonds. The maximum Gasteiger partial charge on any atom is 0.226 e. The topological polar surface area (TPSA) is 62.1 Å². The molecule has 0 fully saturated rings. The summed E-state index contributed by atoms with van der Waals surface area (Å²) in [7, 11) is 0. The van der Waals surface area contributed by atoms with Gasteiger partial charge in [0, 0.05) is 35.8 Å². The molecule has 21 heavy (non-hydrogen) atoms. The van der Waals surface area contributed by atoms with Gasteiger partial charge in [-0.15, -0.1) is 0 Å². The standard InChI is InChI=1S/C17H25N3O/c1-3-5-17(21)20(10-4-2)14-6-7-16-15(11-14)13(8-9-18)12-19-16/h6-7,11-12,19H,3-5,8-10,18H2,1-2H3. The first-order valence-corrected chi connectivity index (χ1v) is 7.81. The van der Waals surface area contributed by atoms with Gasteiger partial charge >= 0.3 is 0 Å². The van der Waals surface area contributed by atoms with Crippen LogP contribution in [0.15, 0.2) is 24.4 Å². The monoisotopic (exact) mass is 287 g/mol. The molecule has 0 aliphatic heterocycles. The van der Waals surface area contributed by atoms with Gasteiger partial charge < -0.3 is 15.6 Å². The van der Waals surface area contributed by atoms with E-state index in [0.717, 1.165) is 37.0 Å². The number of fused-ring (bicyclic) bond motifs is 1. The van der Waals surface area contributed by atoms with Crippen LogP contribution in [0, 0.1) is 0 Å².